The van der Waals surface area contributed by atoms with Gasteiger partial charge in [-0.3, -0.25) is 9.59 Å². The van der Waals surface area contributed by atoms with Gasteiger partial charge < -0.3 is 24.4 Å². The summed E-state index contributed by atoms with van der Waals surface area (Å²) < 4.78 is 11.0. The maximum atomic E-state index is 13.1. The van der Waals surface area contributed by atoms with Crippen LogP contribution in [0.3, 0.4) is 0 Å². The topological polar surface area (TPSA) is 79.3 Å². The predicted molar refractivity (Wildman–Crippen MR) is 128 cm³/mol. The smallest absolute Gasteiger partial charge is 0.295 e. The molecular formula is C25H29ClN2O5. The number of aliphatic hydroxyl groups excluding tert-OH is 1. The van der Waals surface area contributed by atoms with Crippen molar-refractivity contribution in [2.45, 2.75) is 19.4 Å². The van der Waals surface area contributed by atoms with E-state index in [1.165, 1.54) is 18.1 Å². The van der Waals surface area contributed by atoms with Crippen LogP contribution in [-0.4, -0.2) is 67.5 Å². The second-order valence-corrected chi connectivity index (χ2v) is 8.38. The lowest BCUT2D eigenvalue weighted by Gasteiger charge is -2.27. The van der Waals surface area contributed by atoms with Gasteiger partial charge in [-0.25, -0.2) is 0 Å². The van der Waals surface area contributed by atoms with Crippen LogP contribution in [0, 0.1) is 0 Å². The molecule has 1 atom stereocenters. The molecule has 0 aromatic heterocycles. The predicted octanol–water partition coefficient (Wildman–Crippen LogP) is 4.12. The number of ether oxygens (including phenoxy) is 2. The molecule has 1 amide bonds. The van der Waals surface area contributed by atoms with Gasteiger partial charge in [0.2, 0.25) is 0 Å². The highest BCUT2D eigenvalue weighted by molar-refractivity contribution is 6.46. The van der Waals surface area contributed by atoms with Gasteiger partial charge in [0, 0.05) is 17.7 Å². The normalized spacial score (nSPS) is 17.6. The Kier molecular flexibility index (Phi) is 8.00. The summed E-state index contributed by atoms with van der Waals surface area (Å²) in [6.07, 6.45) is 0.667. The molecule has 1 aliphatic heterocycles. The van der Waals surface area contributed by atoms with Crippen molar-refractivity contribution in [3.05, 3.63) is 64.2 Å². The zero-order valence-corrected chi connectivity index (χ0v) is 20.1. The minimum atomic E-state index is -0.784. The molecule has 1 N–H and O–H groups in total. The van der Waals surface area contributed by atoms with Crippen LogP contribution in [0.25, 0.3) is 5.76 Å². The van der Waals surface area contributed by atoms with E-state index in [-0.39, 0.29) is 11.3 Å². The van der Waals surface area contributed by atoms with E-state index in [1.54, 1.807) is 24.3 Å². The molecule has 176 valence electrons. The first-order valence-corrected chi connectivity index (χ1v) is 11.2. The minimum Gasteiger partial charge on any atom is -0.507 e. The quantitative estimate of drug-likeness (QED) is 0.336. The average molecular weight is 473 g/mol. The molecular weight excluding hydrogens is 444 g/mol. The van der Waals surface area contributed by atoms with Gasteiger partial charge >= 0.3 is 0 Å². The second-order valence-electron chi connectivity index (χ2n) is 7.97. The van der Waals surface area contributed by atoms with Gasteiger partial charge in [-0.15, -0.1) is 0 Å². The van der Waals surface area contributed by atoms with Crippen molar-refractivity contribution in [1.82, 2.24) is 9.80 Å². The summed E-state index contributed by atoms with van der Waals surface area (Å²) in [5.74, 6) is -0.676. The van der Waals surface area contributed by atoms with E-state index in [0.717, 1.165) is 6.54 Å². The van der Waals surface area contributed by atoms with Crippen molar-refractivity contribution < 1.29 is 24.2 Å². The number of hydrogen-bond donors (Lipinski definition) is 1. The summed E-state index contributed by atoms with van der Waals surface area (Å²) in [7, 11) is 5.42. The average Bonchev–Trinajstić information content (AvgIpc) is 3.04. The molecule has 0 aliphatic carbocycles. The summed E-state index contributed by atoms with van der Waals surface area (Å²) in [5, 5.41) is 11.5. The van der Waals surface area contributed by atoms with E-state index in [9.17, 15) is 14.7 Å². The van der Waals surface area contributed by atoms with Crippen LogP contribution in [0.5, 0.6) is 11.5 Å². The Morgan fingerprint density at radius 2 is 1.88 bits per heavy atom. The monoisotopic (exact) mass is 472 g/mol. The Morgan fingerprint density at radius 3 is 2.52 bits per heavy atom. The van der Waals surface area contributed by atoms with E-state index in [4.69, 9.17) is 21.1 Å². The van der Waals surface area contributed by atoms with Crippen LogP contribution in [0.1, 0.15) is 30.5 Å². The Balaban J connectivity index is 2.13. The first kappa shape index (κ1) is 24.6. The Labute approximate surface area is 199 Å². The number of aliphatic hydroxyl groups is 1. The number of hydrogen-bond acceptors (Lipinski definition) is 6. The largest absolute Gasteiger partial charge is 0.507 e. The van der Waals surface area contributed by atoms with Crippen LogP contribution in [0.2, 0.25) is 5.02 Å². The Hall–Kier alpha value is -3.03. The zero-order valence-electron chi connectivity index (χ0n) is 19.3. The zero-order chi connectivity index (χ0) is 24.1. The van der Waals surface area contributed by atoms with Gasteiger partial charge in [0.15, 0.2) is 0 Å². The standard InChI is InChI=1S/C25H29ClN2O5/c1-5-33-20-12-11-16(15-18(20)26)23(29)21-22(17-9-6-7-10-19(17)32-4)28(25(31)24(21)30)14-8-13-27(2)3/h6-7,9-12,15,22,29H,5,8,13-14H2,1-4H3/t22-/m1/s1. The number of likely N-dealkylation sites (tertiary alicyclic amines) is 1. The van der Waals surface area contributed by atoms with E-state index < -0.39 is 17.7 Å². The molecule has 1 heterocycles. The molecule has 2 aromatic rings. The fraction of sp³-hybridized carbons (Fsp3) is 0.360. The number of amides is 1. The number of nitrogens with zero attached hydrogens (tertiary/aromatic N) is 2. The number of halogens is 1. The molecule has 7 nitrogen and oxygen atoms in total. The van der Waals surface area contributed by atoms with Crippen molar-refractivity contribution in [3.8, 4) is 11.5 Å². The van der Waals surface area contributed by atoms with E-state index in [1.807, 2.05) is 38.1 Å². The Morgan fingerprint density at radius 1 is 1.15 bits per heavy atom. The molecule has 0 bridgehead atoms. The van der Waals surface area contributed by atoms with Crippen molar-refractivity contribution in [3.63, 3.8) is 0 Å². The number of carbonyl (C=O) groups excluding carboxylic acids is 2. The van der Waals surface area contributed by atoms with Gasteiger partial charge in [-0.2, -0.15) is 0 Å². The van der Waals surface area contributed by atoms with Crippen molar-refractivity contribution in [2.24, 2.45) is 0 Å². The summed E-state index contributed by atoms with van der Waals surface area (Å²) in [6, 6.07) is 11.2. The van der Waals surface area contributed by atoms with Crippen molar-refractivity contribution >= 4 is 29.1 Å². The number of carbonyl (C=O) groups is 2. The maximum absolute atomic E-state index is 13.1. The van der Waals surface area contributed by atoms with Crippen LogP contribution in [-0.2, 0) is 9.59 Å². The third-order valence-electron chi connectivity index (χ3n) is 5.48. The highest BCUT2D eigenvalue weighted by Crippen LogP contribution is 2.43. The third-order valence-corrected chi connectivity index (χ3v) is 5.78. The number of benzene rings is 2. The fourth-order valence-corrected chi connectivity index (χ4v) is 4.19. The van der Waals surface area contributed by atoms with Gasteiger partial charge in [0.25, 0.3) is 11.7 Å². The van der Waals surface area contributed by atoms with Gasteiger partial charge in [0.1, 0.15) is 17.3 Å². The number of Topliss-reactive ketones (excluding diaryl/α,β-unsaturated/α-hetero) is 1. The number of methoxy groups -OCH3 is 1. The first-order valence-electron chi connectivity index (χ1n) is 10.8. The molecule has 1 aliphatic rings. The number of ketones is 1. The van der Waals surface area contributed by atoms with Crippen LogP contribution < -0.4 is 9.47 Å². The van der Waals surface area contributed by atoms with Crippen LogP contribution in [0.4, 0.5) is 0 Å². The number of para-hydroxylation sites is 1. The highest BCUT2D eigenvalue weighted by Gasteiger charge is 2.46. The molecule has 0 unspecified atom stereocenters. The van der Waals surface area contributed by atoms with Crippen molar-refractivity contribution in [1.29, 1.82) is 0 Å². The maximum Gasteiger partial charge on any atom is 0.295 e. The summed E-state index contributed by atoms with van der Waals surface area (Å²) in [4.78, 5) is 29.7. The molecule has 8 heteroatoms. The SMILES string of the molecule is CCOc1ccc(C(O)=C2C(=O)C(=O)N(CCCN(C)C)[C@@H]2c2ccccc2OC)cc1Cl. The summed E-state index contributed by atoms with van der Waals surface area (Å²) >= 11 is 6.31. The van der Waals surface area contributed by atoms with Crippen LogP contribution in [0.15, 0.2) is 48.0 Å². The highest BCUT2D eigenvalue weighted by atomic mass is 35.5. The minimum absolute atomic E-state index is 0.00887. The van der Waals surface area contributed by atoms with E-state index >= 15 is 0 Å². The lowest BCUT2D eigenvalue weighted by molar-refractivity contribution is -0.140. The molecule has 0 spiro atoms. The first-order chi connectivity index (χ1) is 15.8. The summed E-state index contributed by atoms with van der Waals surface area (Å²) in [5.41, 5.74) is 0.965. The van der Waals surface area contributed by atoms with E-state index in [0.29, 0.717) is 47.2 Å². The van der Waals surface area contributed by atoms with Crippen molar-refractivity contribution in [2.75, 3.05) is 40.9 Å². The lowest BCUT2D eigenvalue weighted by Crippen LogP contribution is -2.32. The molecule has 0 radical (unpaired) electrons. The second kappa shape index (κ2) is 10.7. The summed E-state index contributed by atoms with van der Waals surface area (Å²) in [6.45, 7) is 3.38. The Bertz CT molecular complexity index is 1070. The van der Waals surface area contributed by atoms with E-state index in [2.05, 4.69) is 0 Å². The van der Waals surface area contributed by atoms with Gasteiger partial charge in [-0.1, -0.05) is 29.8 Å². The van der Waals surface area contributed by atoms with Gasteiger partial charge in [-0.05, 0) is 58.3 Å². The third kappa shape index (κ3) is 5.15. The number of rotatable bonds is 9. The molecule has 3 rings (SSSR count). The molecule has 1 saturated heterocycles. The fourth-order valence-electron chi connectivity index (χ4n) is 3.96. The van der Waals surface area contributed by atoms with Crippen LogP contribution >= 0.6 is 11.6 Å². The molecule has 33 heavy (non-hydrogen) atoms. The molecule has 0 saturated carbocycles. The molecule has 2 aromatic carbocycles. The lowest BCUT2D eigenvalue weighted by atomic mass is 9.94. The molecule has 1 fully saturated rings. The van der Waals surface area contributed by atoms with Gasteiger partial charge in [0.05, 0.1) is 30.4 Å².